The molecule has 1 aromatic carbocycles. The smallest absolute Gasteiger partial charge is 0.246 e. The Hall–Kier alpha value is -2.01. The first-order valence-corrected chi connectivity index (χ1v) is 6.91. The van der Waals surface area contributed by atoms with E-state index in [1.165, 1.54) is 0 Å². The highest BCUT2D eigenvalue weighted by molar-refractivity contribution is 6.04. The van der Waals surface area contributed by atoms with Gasteiger partial charge in [0.05, 0.1) is 18.6 Å². The number of Topliss-reactive ketones (excluding diaryl/α,β-unsaturated/α-hetero) is 1. The number of rotatable bonds is 3. The van der Waals surface area contributed by atoms with Crippen LogP contribution in [0.2, 0.25) is 0 Å². The average Bonchev–Trinajstić information content (AvgIpc) is 2.39. The van der Waals surface area contributed by atoms with Crippen LogP contribution < -0.4 is 5.32 Å². The molecule has 5 heteroatoms. The molecule has 0 aliphatic carbocycles. The fourth-order valence-electron chi connectivity index (χ4n) is 2.27. The van der Waals surface area contributed by atoms with E-state index in [0.29, 0.717) is 5.56 Å². The van der Waals surface area contributed by atoms with Crippen LogP contribution in [0.4, 0.5) is 0 Å². The summed E-state index contributed by atoms with van der Waals surface area (Å²) in [5, 5.41) is 2.30. The molecule has 1 saturated heterocycles. The summed E-state index contributed by atoms with van der Waals surface area (Å²) in [5.74, 6) is -0.826. The number of benzene rings is 1. The van der Waals surface area contributed by atoms with Gasteiger partial charge in [0.25, 0.3) is 0 Å². The molecule has 1 aliphatic rings. The lowest BCUT2D eigenvalue weighted by Gasteiger charge is -2.39. The maximum atomic E-state index is 12.4. The Kier molecular flexibility index (Phi) is 3.96. The van der Waals surface area contributed by atoms with Crippen molar-refractivity contribution < 1.29 is 14.4 Å². The van der Waals surface area contributed by atoms with Crippen molar-refractivity contribution in [1.82, 2.24) is 10.2 Å². The highest BCUT2D eigenvalue weighted by Crippen LogP contribution is 2.19. The van der Waals surface area contributed by atoms with Crippen molar-refractivity contribution in [1.29, 1.82) is 0 Å². The van der Waals surface area contributed by atoms with Gasteiger partial charge in [-0.3, -0.25) is 24.6 Å². The Morgan fingerprint density at radius 2 is 1.90 bits per heavy atom. The number of nitrogens with one attached hydrogen (secondary N) is 1. The van der Waals surface area contributed by atoms with Gasteiger partial charge in [0, 0.05) is 5.56 Å². The number of ketones is 1. The van der Waals surface area contributed by atoms with Crippen LogP contribution in [0.3, 0.4) is 0 Å². The van der Waals surface area contributed by atoms with E-state index >= 15 is 0 Å². The summed E-state index contributed by atoms with van der Waals surface area (Å²) in [7, 11) is 0. The lowest BCUT2D eigenvalue weighted by Crippen LogP contribution is -2.64. The SMILES string of the molecule is Cc1ccc(C(=O)CN2CC(=O)NC(=O)C2(C)C)cc1C. The summed E-state index contributed by atoms with van der Waals surface area (Å²) in [5.41, 5.74) is 1.91. The van der Waals surface area contributed by atoms with Crippen LogP contribution in [-0.2, 0) is 9.59 Å². The van der Waals surface area contributed by atoms with Crippen LogP contribution in [0.25, 0.3) is 0 Å². The second-order valence-electron chi connectivity index (χ2n) is 6.01. The second kappa shape index (κ2) is 5.41. The molecule has 0 unspecified atom stereocenters. The van der Waals surface area contributed by atoms with Gasteiger partial charge >= 0.3 is 0 Å². The van der Waals surface area contributed by atoms with Gasteiger partial charge in [-0.2, -0.15) is 0 Å². The molecule has 1 N–H and O–H groups in total. The van der Waals surface area contributed by atoms with Crippen molar-refractivity contribution in [2.45, 2.75) is 33.2 Å². The molecule has 2 rings (SSSR count). The van der Waals surface area contributed by atoms with Crippen LogP contribution in [0.15, 0.2) is 18.2 Å². The molecule has 0 atom stereocenters. The monoisotopic (exact) mass is 288 g/mol. The lowest BCUT2D eigenvalue weighted by molar-refractivity contribution is -0.144. The molecular weight excluding hydrogens is 268 g/mol. The van der Waals surface area contributed by atoms with Crippen molar-refractivity contribution in [2.24, 2.45) is 0 Å². The number of carbonyl (C=O) groups excluding carboxylic acids is 3. The van der Waals surface area contributed by atoms with E-state index in [1.807, 2.05) is 26.0 Å². The molecule has 5 nitrogen and oxygen atoms in total. The molecule has 0 spiro atoms. The maximum Gasteiger partial charge on any atom is 0.246 e. The van der Waals surface area contributed by atoms with Crippen LogP contribution in [0.1, 0.15) is 35.3 Å². The van der Waals surface area contributed by atoms with Gasteiger partial charge in [0.15, 0.2) is 5.78 Å². The van der Waals surface area contributed by atoms with Crippen molar-refractivity contribution in [3.8, 4) is 0 Å². The fraction of sp³-hybridized carbons (Fsp3) is 0.438. The topological polar surface area (TPSA) is 66.5 Å². The van der Waals surface area contributed by atoms with Gasteiger partial charge in [0.2, 0.25) is 11.8 Å². The zero-order chi connectivity index (χ0) is 15.8. The lowest BCUT2D eigenvalue weighted by atomic mass is 9.97. The Balaban J connectivity index is 2.19. The fourth-order valence-corrected chi connectivity index (χ4v) is 2.27. The van der Waals surface area contributed by atoms with E-state index in [4.69, 9.17) is 0 Å². The number of amides is 2. The summed E-state index contributed by atoms with van der Waals surface area (Å²) >= 11 is 0. The average molecular weight is 288 g/mol. The minimum Gasteiger partial charge on any atom is -0.294 e. The van der Waals surface area contributed by atoms with Gasteiger partial charge in [-0.15, -0.1) is 0 Å². The van der Waals surface area contributed by atoms with E-state index in [-0.39, 0.29) is 30.7 Å². The highest BCUT2D eigenvalue weighted by atomic mass is 16.2. The van der Waals surface area contributed by atoms with Crippen LogP contribution >= 0.6 is 0 Å². The number of carbonyl (C=O) groups is 3. The number of imide groups is 1. The molecule has 0 radical (unpaired) electrons. The Morgan fingerprint density at radius 1 is 1.24 bits per heavy atom. The van der Waals surface area contributed by atoms with Gasteiger partial charge in [-0.05, 0) is 44.9 Å². The van der Waals surface area contributed by atoms with Crippen LogP contribution in [0.5, 0.6) is 0 Å². The van der Waals surface area contributed by atoms with Gasteiger partial charge in [0.1, 0.15) is 0 Å². The first-order valence-electron chi connectivity index (χ1n) is 6.91. The molecule has 1 aromatic rings. The Morgan fingerprint density at radius 3 is 2.52 bits per heavy atom. The van der Waals surface area contributed by atoms with E-state index in [0.717, 1.165) is 11.1 Å². The predicted octanol–water partition coefficient (Wildman–Crippen LogP) is 1.22. The highest BCUT2D eigenvalue weighted by Gasteiger charge is 2.41. The normalized spacial score (nSPS) is 18.5. The summed E-state index contributed by atoms with van der Waals surface area (Å²) in [6.07, 6.45) is 0. The van der Waals surface area contributed by atoms with Gasteiger partial charge < -0.3 is 0 Å². The molecule has 1 aliphatic heterocycles. The molecule has 21 heavy (non-hydrogen) atoms. The second-order valence-corrected chi connectivity index (χ2v) is 6.01. The number of piperazine rings is 1. The van der Waals surface area contributed by atoms with E-state index in [1.54, 1.807) is 24.8 Å². The maximum absolute atomic E-state index is 12.4. The number of hydrogen-bond acceptors (Lipinski definition) is 4. The number of hydrogen-bond donors (Lipinski definition) is 1. The van der Waals surface area contributed by atoms with Crippen molar-refractivity contribution >= 4 is 17.6 Å². The summed E-state index contributed by atoms with van der Waals surface area (Å²) in [6.45, 7) is 7.46. The van der Waals surface area contributed by atoms with Gasteiger partial charge in [-0.25, -0.2) is 0 Å². The third-order valence-electron chi connectivity index (χ3n) is 4.10. The zero-order valence-corrected chi connectivity index (χ0v) is 12.8. The molecular formula is C16H20N2O3. The quantitative estimate of drug-likeness (QED) is 0.671. The molecule has 1 fully saturated rings. The number of aryl methyl sites for hydroxylation is 2. The van der Waals surface area contributed by atoms with Crippen LogP contribution in [-0.4, -0.2) is 41.1 Å². The summed E-state index contributed by atoms with van der Waals surface area (Å²) in [6, 6.07) is 5.53. The summed E-state index contributed by atoms with van der Waals surface area (Å²) < 4.78 is 0. The van der Waals surface area contributed by atoms with Crippen molar-refractivity contribution in [3.05, 3.63) is 34.9 Å². The first kappa shape index (κ1) is 15.4. The Labute approximate surface area is 124 Å². The molecule has 0 aromatic heterocycles. The predicted molar refractivity (Wildman–Crippen MR) is 79.0 cm³/mol. The third kappa shape index (κ3) is 3.03. The first-order chi connectivity index (χ1) is 9.71. The zero-order valence-electron chi connectivity index (χ0n) is 12.8. The number of nitrogens with zero attached hydrogens (tertiary/aromatic N) is 1. The van der Waals surface area contributed by atoms with E-state index in [9.17, 15) is 14.4 Å². The molecule has 0 saturated carbocycles. The standard InChI is InChI=1S/C16H20N2O3/c1-10-5-6-12(7-11(10)2)13(19)8-18-9-14(20)17-15(21)16(18,3)4/h5-7H,8-9H2,1-4H3,(H,17,20,21). The minimum atomic E-state index is -0.872. The van der Waals surface area contributed by atoms with E-state index < -0.39 is 5.54 Å². The molecule has 112 valence electrons. The summed E-state index contributed by atoms with van der Waals surface area (Å²) in [4.78, 5) is 37.4. The van der Waals surface area contributed by atoms with Crippen molar-refractivity contribution in [3.63, 3.8) is 0 Å². The van der Waals surface area contributed by atoms with Crippen LogP contribution in [0, 0.1) is 13.8 Å². The largest absolute Gasteiger partial charge is 0.294 e. The van der Waals surface area contributed by atoms with Gasteiger partial charge in [-0.1, -0.05) is 12.1 Å². The molecule has 1 heterocycles. The van der Waals surface area contributed by atoms with E-state index in [2.05, 4.69) is 5.32 Å². The minimum absolute atomic E-state index is 0.0503. The Bertz CT molecular complexity index is 620. The third-order valence-corrected chi connectivity index (χ3v) is 4.10. The molecule has 0 bridgehead atoms. The molecule has 2 amide bonds. The van der Waals surface area contributed by atoms with Crippen molar-refractivity contribution in [2.75, 3.05) is 13.1 Å².